The second-order valence-electron chi connectivity index (χ2n) is 10.0. The molecule has 218 valence electrons. The molecule has 1 fully saturated rings. The number of allylic oxidation sites excluding steroid dienone is 2. The normalized spacial score (nSPS) is 16.7. The molecule has 6 amide bonds. The first-order valence-corrected chi connectivity index (χ1v) is 13.1. The van der Waals surface area contributed by atoms with Gasteiger partial charge in [-0.15, -0.1) is 0 Å². The summed E-state index contributed by atoms with van der Waals surface area (Å²) in [7, 11) is 1.51. The van der Waals surface area contributed by atoms with Gasteiger partial charge in [0, 0.05) is 37.0 Å². The van der Waals surface area contributed by atoms with Gasteiger partial charge in [0.2, 0.25) is 23.6 Å². The van der Waals surface area contributed by atoms with Crippen LogP contribution >= 0.6 is 0 Å². The Balaban J connectivity index is 2.13. The fraction of sp³-hybridized carbons (Fsp3) is 0.464. The first-order chi connectivity index (χ1) is 18.9. The van der Waals surface area contributed by atoms with Crippen LogP contribution in [0.4, 0.5) is 10.5 Å². The van der Waals surface area contributed by atoms with Crippen LogP contribution in [0.25, 0.3) is 0 Å². The molecule has 0 radical (unpaired) electrons. The number of ether oxygens (including phenoxy) is 1. The molecule has 12 heteroatoms. The van der Waals surface area contributed by atoms with E-state index in [9.17, 15) is 24.0 Å². The van der Waals surface area contributed by atoms with E-state index in [0.717, 1.165) is 11.1 Å². The smallest absolute Gasteiger partial charge is 0.319 e. The predicted octanol–water partition coefficient (Wildman–Crippen LogP) is 1.59. The number of carbonyl (C=O) groups excluding carboxylic acids is 5. The predicted molar refractivity (Wildman–Crippen MR) is 151 cm³/mol. The largest absolute Gasteiger partial charge is 0.497 e. The lowest BCUT2D eigenvalue weighted by atomic mass is 10.1. The Kier molecular flexibility index (Phi) is 12.2. The van der Waals surface area contributed by atoms with Gasteiger partial charge in [-0.2, -0.15) is 0 Å². The van der Waals surface area contributed by atoms with Gasteiger partial charge in [-0.1, -0.05) is 17.2 Å². The van der Waals surface area contributed by atoms with Crippen LogP contribution in [0, 0.1) is 0 Å². The summed E-state index contributed by atoms with van der Waals surface area (Å²) < 4.78 is 5.17. The summed E-state index contributed by atoms with van der Waals surface area (Å²) in [6, 6.07) is 3.39. The summed E-state index contributed by atoms with van der Waals surface area (Å²) in [6.07, 6.45) is 3.76. The highest BCUT2D eigenvalue weighted by atomic mass is 16.5. The highest BCUT2D eigenvalue weighted by Crippen LogP contribution is 2.21. The Morgan fingerprint density at radius 1 is 1.10 bits per heavy atom. The molecule has 6 N–H and O–H groups in total. The van der Waals surface area contributed by atoms with E-state index in [4.69, 9.17) is 10.5 Å². The standard InChI is InChI=1S/C28H40N6O6/c1-17(2)14-23(35)30-12-7-10-22(26(29)37)32-27(38)25-21(11-13-34(25)24(36)15-18(3)4)33-28(39)31-19-8-6-9-20(16-19)40-5/h6,8-9,14-16,21-22,25H,7,10-13H2,1-5H3,(H2,29,37)(H,30,35)(H,32,38)(H2,31,33,39). The SMILES string of the molecule is COc1cccc(NC(=O)NC2CCN(C(=O)C=C(C)C)C2C(=O)NC(CCCNC(=O)C=C(C)C)C(N)=O)c1. The van der Waals surface area contributed by atoms with Gasteiger partial charge in [0.1, 0.15) is 17.8 Å². The van der Waals surface area contributed by atoms with Gasteiger partial charge in [0.05, 0.1) is 13.2 Å². The highest BCUT2D eigenvalue weighted by Gasteiger charge is 2.43. The maximum atomic E-state index is 13.5. The van der Waals surface area contributed by atoms with Crippen molar-refractivity contribution in [2.75, 3.05) is 25.5 Å². The molecular formula is C28H40N6O6. The van der Waals surface area contributed by atoms with Crippen LogP contribution in [-0.4, -0.2) is 72.9 Å². The van der Waals surface area contributed by atoms with Crippen LogP contribution in [0.2, 0.25) is 0 Å². The zero-order valence-corrected chi connectivity index (χ0v) is 23.7. The number of rotatable bonds is 12. The minimum Gasteiger partial charge on any atom is -0.497 e. The monoisotopic (exact) mass is 556 g/mol. The van der Waals surface area contributed by atoms with Gasteiger partial charge < -0.3 is 36.6 Å². The number of likely N-dealkylation sites (tertiary alicyclic amines) is 1. The molecule has 12 nitrogen and oxygen atoms in total. The molecule has 3 atom stereocenters. The van der Waals surface area contributed by atoms with E-state index in [2.05, 4.69) is 21.3 Å². The Morgan fingerprint density at radius 2 is 1.80 bits per heavy atom. The Labute approximate surface area is 234 Å². The molecule has 0 spiro atoms. The quantitative estimate of drug-likeness (QED) is 0.193. The summed E-state index contributed by atoms with van der Waals surface area (Å²) in [4.78, 5) is 64.5. The number of nitrogens with one attached hydrogen (secondary N) is 4. The van der Waals surface area contributed by atoms with Gasteiger partial charge in [-0.05, 0) is 59.1 Å². The Morgan fingerprint density at radius 3 is 2.42 bits per heavy atom. The summed E-state index contributed by atoms with van der Waals surface area (Å²) >= 11 is 0. The summed E-state index contributed by atoms with van der Waals surface area (Å²) in [5, 5.41) is 10.8. The molecule has 1 aliphatic rings. The molecule has 0 saturated carbocycles. The van der Waals surface area contributed by atoms with Crippen LogP contribution in [0.1, 0.15) is 47.0 Å². The number of nitrogens with zero attached hydrogens (tertiary/aromatic N) is 1. The zero-order valence-electron chi connectivity index (χ0n) is 23.7. The van der Waals surface area contributed by atoms with Crippen molar-refractivity contribution >= 4 is 35.3 Å². The number of amides is 6. The first-order valence-electron chi connectivity index (χ1n) is 13.1. The van der Waals surface area contributed by atoms with E-state index in [-0.39, 0.29) is 31.3 Å². The lowest BCUT2D eigenvalue weighted by Gasteiger charge is -2.28. The second kappa shape index (κ2) is 15.3. The minimum absolute atomic E-state index is 0.180. The van der Waals surface area contributed by atoms with Crippen molar-refractivity contribution in [3.63, 3.8) is 0 Å². The number of methoxy groups -OCH3 is 1. The van der Waals surface area contributed by atoms with Gasteiger partial charge in [0.15, 0.2) is 0 Å². The highest BCUT2D eigenvalue weighted by molar-refractivity contribution is 5.97. The fourth-order valence-corrected chi connectivity index (χ4v) is 4.25. The van der Waals surface area contributed by atoms with Gasteiger partial charge in [-0.25, -0.2) is 4.79 Å². The van der Waals surface area contributed by atoms with Gasteiger partial charge in [-0.3, -0.25) is 19.2 Å². The molecule has 1 aromatic carbocycles. The van der Waals surface area contributed by atoms with Gasteiger partial charge in [0.25, 0.3) is 0 Å². The molecular weight excluding hydrogens is 516 g/mol. The minimum atomic E-state index is -1.07. The second-order valence-corrected chi connectivity index (χ2v) is 10.0. The van der Waals surface area contributed by atoms with Crippen LogP contribution < -0.4 is 31.7 Å². The number of hydrogen-bond donors (Lipinski definition) is 5. The summed E-state index contributed by atoms with van der Waals surface area (Å²) in [5.74, 6) is -1.43. The van der Waals surface area contributed by atoms with Crippen molar-refractivity contribution in [2.45, 2.75) is 65.1 Å². The van der Waals surface area contributed by atoms with E-state index in [0.29, 0.717) is 24.3 Å². The third-order valence-electron chi connectivity index (χ3n) is 6.05. The first kappa shape index (κ1) is 31.9. The third-order valence-corrected chi connectivity index (χ3v) is 6.05. The summed E-state index contributed by atoms with van der Waals surface area (Å²) in [5.41, 5.74) is 7.63. The topological polar surface area (TPSA) is 172 Å². The molecule has 1 aliphatic heterocycles. The van der Waals surface area contributed by atoms with Crippen molar-refractivity contribution in [3.05, 3.63) is 47.6 Å². The number of hydrogen-bond acceptors (Lipinski definition) is 6. The number of anilines is 1. The number of carbonyl (C=O) groups is 5. The molecule has 40 heavy (non-hydrogen) atoms. The van der Waals surface area contributed by atoms with Crippen molar-refractivity contribution in [1.82, 2.24) is 20.9 Å². The number of nitrogens with two attached hydrogens (primary N) is 1. The van der Waals surface area contributed by atoms with Crippen LogP contribution in [0.3, 0.4) is 0 Å². The number of urea groups is 1. The molecule has 0 aromatic heterocycles. The lowest BCUT2D eigenvalue weighted by molar-refractivity contribution is -0.137. The third kappa shape index (κ3) is 10.1. The average Bonchev–Trinajstić information content (AvgIpc) is 3.28. The molecule has 2 rings (SSSR count). The molecule has 0 bridgehead atoms. The van der Waals surface area contributed by atoms with E-state index >= 15 is 0 Å². The number of benzene rings is 1. The van der Waals surface area contributed by atoms with Crippen LogP contribution in [-0.2, 0) is 19.2 Å². The van der Waals surface area contributed by atoms with Crippen LogP contribution in [0.5, 0.6) is 5.75 Å². The number of primary amides is 1. The maximum Gasteiger partial charge on any atom is 0.319 e. The van der Waals surface area contributed by atoms with Crippen molar-refractivity contribution in [3.8, 4) is 5.75 Å². The van der Waals surface area contributed by atoms with Crippen molar-refractivity contribution in [1.29, 1.82) is 0 Å². The fourth-order valence-electron chi connectivity index (χ4n) is 4.25. The summed E-state index contributed by atoms with van der Waals surface area (Å²) in [6.45, 7) is 7.64. The molecule has 1 aromatic rings. The zero-order chi connectivity index (χ0) is 29.8. The van der Waals surface area contributed by atoms with E-state index in [1.807, 2.05) is 0 Å². The Bertz CT molecular complexity index is 1160. The molecule has 1 heterocycles. The van der Waals surface area contributed by atoms with E-state index < -0.39 is 36.0 Å². The Hall–Kier alpha value is -4.35. The average molecular weight is 557 g/mol. The maximum absolute atomic E-state index is 13.5. The van der Waals surface area contributed by atoms with Gasteiger partial charge >= 0.3 is 6.03 Å². The van der Waals surface area contributed by atoms with Crippen molar-refractivity contribution < 1.29 is 28.7 Å². The lowest BCUT2D eigenvalue weighted by Crippen LogP contribution is -2.58. The molecule has 3 unspecified atom stereocenters. The van der Waals surface area contributed by atoms with E-state index in [1.54, 1.807) is 52.0 Å². The molecule has 0 aliphatic carbocycles. The molecule has 1 saturated heterocycles. The van der Waals surface area contributed by atoms with E-state index in [1.165, 1.54) is 24.2 Å². The van der Waals surface area contributed by atoms with Crippen LogP contribution in [0.15, 0.2) is 47.6 Å². The van der Waals surface area contributed by atoms with Crippen molar-refractivity contribution in [2.24, 2.45) is 5.73 Å².